The molecule has 4 nitrogen and oxygen atoms in total. The first-order valence-electron chi connectivity index (χ1n) is 12.3. The molecule has 1 saturated carbocycles. The van der Waals surface area contributed by atoms with E-state index in [-0.39, 0.29) is 18.0 Å². The molecule has 0 N–H and O–H groups in total. The van der Waals surface area contributed by atoms with Crippen molar-refractivity contribution in [3.05, 3.63) is 83.2 Å². The van der Waals surface area contributed by atoms with Gasteiger partial charge in [0, 0.05) is 24.0 Å². The first kappa shape index (κ1) is 21.5. The normalized spacial score (nSPS) is 20.1. The molecular weight excluding hydrogens is 431 g/mol. The predicted octanol–water partition coefficient (Wildman–Crippen LogP) is 7.12. The number of benzene rings is 3. The molecule has 6 rings (SSSR count). The van der Waals surface area contributed by atoms with Crippen LogP contribution in [0.25, 0.3) is 0 Å². The molecule has 1 heterocycles. The van der Waals surface area contributed by atoms with E-state index in [1.165, 1.54) is 24.5 Å². The van der Waals surface area contributed by atoms with Gasteiger partial charge < -0.3 is 18.9 Å². The third kappa shape index (κ3) is 4.62. The summed E-state index contributed by atoms with van der Waals surface area (Å²) in [5, 5.41) is 0. The average molecular weight is 461 g/mol. The molecule has 0 amide bonds. The molecule has 3 aromatic carbocycles. The number of hydrogen-bond donors (Lipinski definition) is 0. The highest BCUT2D eigenvalue weighted by Crippen LogP contribution is 2.44. The minimum absolute atomic E-state index is 0.197. The largest absolute Gasteiger partial charge is 0.490 e. The minimum atomic E-state index is -0.305. The van der Waals surface area contributed by atoms with E-state index in [1.807, 2.05) is 36.4 Å². The Bertz CT molecular complexity index is 1130. The van der Waals surface area contributed by atoms with Crippen molar-refractivity contribution in [1.82, 2.24) is 0 Å². The van der Waals surface area contributed by atoms with Crippen molar-refractivity contribution >= 4 is 0 Å². The number of ether oxygens (including phenoxy) is 4. The first-order chi connectivity index (χ1) is 16.7. The van der Waals surface area contributed by atoms with Crippen LogP contribution >= 0.6 is 0 Å². The van der Waals surface area contributed by atoms with Gasteiger partial charge in [0.15, 0.2) is 0 Å². The lowest BCUT2D eigenvalue weighted by Crippen LogP contribution is -2.25. The third-order valence-corrected chi connectivity index (χ3v) is 6.97. The first-order valence-corrected chi connectivity index (χ1v) is 12.3. The molecule has 1 aliphatic heterocycles. The predicted molar refractivity (Wildman–Crippen MR) is 127 cm³/mol. The Morgan fingerprint density at radius 2 is 1.38 bits per heavy atom. The zero-order valence-corrected chi connectivity index (χ0v) is 19.2. The molecule has 1 saturated heterocycles. The Kier molecular flexibility index (Phi) is 5.88. The second-order valence-electron chi connectivity index (χ2n) is 9.43. The van der Waals surface area contributed by atoms with E-state index in [1.54, 1.807) is 6.07 Å². The monoisotopic (exact) mass is 460 g/mol. The summed E-state index contributed by atoms with van der Waals surface area (Å²) in [6, 6.07) is 19.1. The van der Waals surface area contributed by atoms with Gasteiger partial charge in [0.2, 0.25) is 0 Å². The van der Waals surface area contributed by atoms with Gasteiger partial charge in [-0.2, -0.15) is 0 Å². The van der Waals surface area contributed by atoms with Gasteiger partial charge in [-0.1, -0.05) is 12.1 Å². The fraction of sp³-hybridized carbons (Fsp3) is 0.379. The van der Waals surface area contributed by atoms with Gasteiger partial charge in [0.05, 0.1) is 13.2 Å². The lowest BCUT2D eigenvalue weighted by atomic mass is 10.1. The summed E-state index contributed by atoms with van der Waals surface area (Å²) in [6.45, 7) is 1.50. The maximum absolute atomic E-state index is 14.9. The highest BCUT2D eigenvalue weighted by atomic mass is 19.1. The highest BCUT2D eigenvalue weighted by molar-refractivity contribution is 5.48. The molecule has 3 aromatic rings. The molecule has 0 aromatic heterocycles. The van der Waals surface area contributed by atoms with Gasteiger partial charge in [0.25, 0.3) is 0 Å². The molecule has 5 heteroatoms. The van der Waals surface area contributed by atoms with E-state index in [0.29, 0.717) is 23.0 Å². The Morgan fingerprint density at radius 3 is 2.12 bits per heavy atom. The van der Waals surface area contributed by atoms with E-state index in [4.69, 9.17) is 18.9 Å². The summed E-state index contributed by atoms with van der Waals surface area (Å²) >= 11 is 0. The van der Waals surface area contributed by atoms with Crippen molar-refractivity contribution in [2.45, 2.75) is 56.7 Å². The smallest absolute Gasteiger partial charge is 0.131 e. The Balaban J connectivity index is 1.15. The molecule has 1 atom stereocenters. The molecule has 176 valence electrons. The number of halogens is 1. The Hall–Kier alpha value is -3.05. The minimum Gasteiger partial charge on any atom is -0.490 e. The van der Waals surface area contributed by atoms with Crippen molar-refractivity contribution < 1.29 is 23.3 Å². The molecule has 0 bridgehead atoms. The molecule has 3 aliphatic rings. The van der Waals surface area contributed by atoms with Gasteiger partial charge in [-0.3, -0.25) is 0 Å². The second-order valence-corrected chi connectivity index (χ2v) is 9.43. The molecular formula is C29H29FO4. The van der Waals surface area contributed by atoms with Crippen LogP contribution in [0.1, 0.15) is 60.8 Å². The van der Waals surface area contributed by atoms with E-state index >= 15 is 0 Å². The van der Waals surface area contributed by atoms with Crippen LogP contribution in [0.5, 0.6) is 23.0 Å². The molecule has 1 unspecified atom stereocenters. The molecule has 34 heavy (non-hydrogen) atoms. The van der Waals surface area contributed by atoms with Gasteiger partial charge >= 0.3 is 0 Å². The van der Waals surface area contributed by atoms with Crippen molar-refractivity contribution in [3.8, 4) is 23.0 Å². The van der Waals surface area contributed by atoms with Crippen molar-refractivity contribution in [2.75, 3.05) is 13.2 Å². The van der Waals surface area contributed by atoms with Crippen LogP contribution in [0.4, 0.5) is 4.39 Å². The summed E-state index contributed by atoms with van der Waals surface area (Å²) in [5.74, 6) is 3.47. The van der Waals surface area contributed by atoms with Gasteiger partial charge in [0.1, 0.15) is 41.0 Å². The van der Waals surface area contributed by atoms with Crippen LogP contribution < -0.4 is 14.2 Å². The van der Waals surface area contributed by atoms with Crippen LogP contribution in [0, 0.1) is 5.82 Å². The topological polar surface area (TPSA) is 36.9 Å². The van der Waals surface area contributed by atoms with Crippen LogP contribution in [0.15, 0.2) is 60.7 Å². The Morgan fingerprint density at radius 1 is 0.706 bits per heavy atom. The van der Waals surface area contributed by atoms with Crippen LogP contribution in [0.2, 0.25) is 0 Å². The molecule has 0 radical (unpaired) electrons. The summed E-state index contributed by atoms with van der Waals surface area (Å²) < 4.78 is 38.7. The zero-order valence-electron chi connectivity index (χ0n) is 19.2. The summed E-state index contributed by atoms with van der Waals surface area (Å²) in [4.78, 5) is 0. The van der Waals surface area contributed by atoms with Crippen LogP contribution in [-0.4, -0.2) is 19.3 Å². The third-order valence-electron chi connectivity index (χ3n) is 6.97. The lowest BCUT2D eigenvalue weighted by molar-refractivity contribution is 0.0255. The van der Waals surface area contributed by atoms with E-state index in [9.17, 15) is 4.39 Å². The Labute approximate surface area is 199 Å². The van der Waals surface area contributed by atoms with Crippen LogP contribution in [-0.2, 0) is 11.2 Å². The highest BCUT2D eigenvalue weighted by Gasteiger charge is 2.31. The number of fused-ring (bicyclic) bond motifs is 1. The molecule has 2 fully saturated rings. The average Bonchev–Trinajstić information content (AvgIpc) is 3.63. The number of hydrogen-bond acceptors (Lipinski definition) is 4. The van der Waals surface area contributed by atoms with E-state index in [0.717, 1.165) is 56.0 Å². The quantitative estimate of drug-likeness (QED) is 0.376. The van der Waals surface area contributed by atoms with E-state index < -0.39 is 0 Å². The number of rotatable bonds is 7. The standard InChI is InChI=1S/C29H29FO4/c30-26-12-14-27(33-23-9-7-21(8-10-23)32-24-15-17-31-18-16-24)25-11-13-28(29(25)26)34-22-5-3-20(4-6-22)19-1-2-19/h3-10,12,14,19,24,28H,1-2,11,13,15-18H2. The van der Waals surface area contributed by atoms with E-state index in [2.05, 4.69) is 12.1 Å². The summed E-state index contributed by atoms with van der Waals surface area (Å²) in [6.07, 6.45) is 5.71. The van der Waals surface area contributed by atoms with Crippen molar-refractivity contribution in [3.63, 3.8) is 0 Å². The van der Waals surface area contributed by atoms with Gasteiger partial charge in [-0.25, -0.2) is 4.39 Å². The van der Waals surface area contributed by atoms with Crippen molar-refractivity contribution in [1.29, 1.82) is 0 Å². The summed E-state index contributed by atoms with van der Waals surface area (Å²) in [7, 11) is 0. The van der Waals surface area contributed by atoms with Crippen LogP contribution in [0.3, 0.4) is 0 Å². The van der Waals surface area contributed by atoms with Gasteiger partial charge in [-0.05, 0) is 85.7 Å². The fourth-order valence-corrected chi connectivity index (χ4v) is 4.95. The summed E-state index contributed by atoms with van der Waals surface area (Å²) in [5.41, 5.74) is 2.87. The molecule has 0 spiro atoms. The van der Waals surface area contributed by atoms with Crippen molar-refractivity contribution in [2.24, 2.45) is 0 Å². The second kappa shape index (κ2) is 9.30. The van der Waals surface area contributed by atoms with Gasteiger partial charge in [-0.15, -0.1) is 0 Å². The zero-order chi connectivity index (χ0) is 22.9. The maximum Gasteiger partial charge on any atom is 0.131 e. The lowest BCUT2D eigenvalue weighted by Gasteiger charge is -2.23. The SMILES string of the molecule is Fc1ccc(Oc2ccc(OC3CCOCC3)cc2)c2c1C(Oc1ccc(C3CC3)cc1)CC2. The molecule has 2 aliphatic carbocycles. The maximum atomic E-state index is 14.9. The fourth-order valence-electron chi connectivity index (χ4n) is 4.95.